The Labute approximate surface area is 162 Å². The third-order valence-corrected chi connectivity index (χ3v) is 4.25. The number of ether oxygens (including phenoxy) is 4. The summed E-state index contributed by atoms with van der Waals surface area (Å²) in [5.74, 6) is -0.856. The van der Waals surface area contributed by atoms with Gasteiger partial charge >= 0.3 is 11.9 Å². The van der Waals surface area contributed by atoms with Crippen LogP contribution in [0.15, 0.2) is 24.3 Å². The molecule has 0 aliphatic rings. The number of carboxylic acids is 2. The van der Waals surface area contributed by atoms with E-state index in [1.807, 2.05) is 0 Å². The Morgan fingerprint density at radius 2 is 1.57 bits per heavy atom. The van der Waals surface area contributed by atoms with Gasteiger partial charge in [0.05, 0.1) is 34.0 Å². The molecule has 0 aliphatic carbocycles. The standard InChI is InChI=1S/C20H22O8/c1-25-12-6-7-13(14(10-12)20(23)24)17-11(5-8-16(21)22)9-15(26-2)18(27-3)19(17)28-4/h6-7,9-10H,5,8H2,1-4H3,(H,21,22)(H,23,24). The van der Waals surface area contributed by atoms with Crippen molar-refractivity contribution in [1.82, 2.24) is 0 Å². The molecule has 0 saturated carbocycles. The number of hydrogen-bond acceptors (Lipinski definition) is 6. The molecule has 0 amide bonds. The van der Waals surface area contributed by atoms with E-state index in [0.29, 0.717) is 28.2 Å². The van der Waals surface area contributed by atoms with Crippen molar-refractivity contribution in [2.45, 2.75) is 12.8 Å². The molecular formula is C20H22O8. The fraction of sp³-hybridized carbons (Fsp3) is 0.300. The molecule has 8 heteroatoms. The van der Waals surface area contributed by atoms with E-state index in [1.165, 1.54) is 34.5 Å². The lowest BCUT2D eigenvalue weighted by Crippen LogP contribution is -2.07. The minimum Gasteiger partial charge on any atom is -0.497 e. The first-order chi connectivity index (χ1) is 13.4. The Hall–Kier alpha value is -3.42. The molecule has 0 unspecified atom stereocenters. The molecule has 2 rings (SSSR count). The van der Waals surface area contributed by atoms with Crippen LogP contribution in [0.1, 0.15) is 22.3 Å². The quantitative estimate of drug-likeness (QED) is 0.672. The highest BCUT2D eigenvalue weighted by atomic mass is 16.5. The Morgan fingerprint density at radius 3 is 2.07 bits per heavy atom. The molecular weight excluding hydrogens is 368 g/mol. The van der Waals surface area contributed by atoms with Gasteiger partial charge in [0, 0.05) is 17.5 Å². The maximum Gasteiger partial charge on any atom is 0.336 e. The fourth-order valence-electron chi connectivity index (χ4n) is 2.99. The number of carbonyl (C=O) groups is 2. The highest BCUT2D eigenvalue weighted by Gasteiger charge is 2.25. The van der Waals surface area contributed by atoms with Gasteiger partial charge in [-0.15, -0.1) is 0 Å². The summed E-state index contributed by atoms with van der Waals surface area (Å²) in [6, 6.07) is 6.25. The number of hydrogen-bond donors (Lipinski definition) is 2. The van der Waals surface area contributed by atoms with Gasteiger partial charge in [-0.1, -0.05) is 0 Å². The Morgan fingerprint density at radius 1 is 0.893 bits per heavy atom. The molecule has 0 radical (unpaired) electrons. The number of rotatable bonds is 9. The maximum absolute atomic E-state index is 11.9. The minimum absolute atomic E-state index is 0.0126. The van der Waals surface area contributed by atoms with Gasteiger partial charge in [-0.3, -0.25) is 4.79 Å². The largest absolute Gasteiger partial charge is 0.497 e. The number of carboxylic acid groups (broad SMARTS) is 2. The van der Waals surface area contributed by atoms with E-state index in [-0.39, 0.29) is 29.9 Å². The summed E-state index contributed by atoms with van der Waals surface area (Å²) in [7, 11) is 5.75. The smallest absolute Gasteiger partial charge is 0.336 e. The zero-order valence-corrected chi connectivity index (χ0v) is 16.1. The Kier molecular flexibility index (Phi) is 6.70. The second kappa shape index (κ2) is 8.98. The minimum atomic E-state index is -1.16. The summed E-state index contributed by atoms with van der Waals surface area (Å²) >= 11 is 0. The SMILES string of the molecule is COc1ccc(-c2c(CCC(=O)O)cc(OC)c(OC)c2OC)c(C(=O)O)c1. The number of aryl methyl sites for hydroxylation is 1. The second-order valence-electron chi connectivity index (χ2n) is 5.79. The van der Waals surface area contributed by atoms with Gasteiger partial charge in [-0.25, -0.2) is 4.79 Å². The summed E-state index contributed by atoms with van der Waals surface area (Å²) in [5.41, 5.74) is 1.33. The first kappa shape index (κ1) is 20.9. The molecule has 8 nitrogen and oxygen atoms in total. The Bertz CT molecular complexity index is 888. The van der Waals surface area contributed by atoms with Gasteiger partial charge in [0.1, 0.15) is 5.75 Å². The number of aromatic carboxylic acids is 1. The van der Waals surface area contributed by atoms with Crippen molar-refractivity contribution < 1.29 is 38.7 Å². The van der Waals surface area contributed by atoms with Gasteiger partial charge < -0.3 is 29.2 Å². The topological polar surface area (TPSA) is 112 Å². The summed E-state index contributed by atoms with van der Waals surface area (Å²) in [5, 5.41) is 18.8. The zero-order chi connectivity index (χ0) is 20.8. The van der Waals surface area contributed by atoms with E-state index in [2.05, 4.69) is 0 Å². The molecule has 150 valence electrons. The molecule has 2 aromatic rings. The van der Waals surface area contributed by atoms with Gasteiger partial charge in [-0.2, -0.15) is 0 Å². The molecule has 2 N–H and O–H groups in total. The first-order valence-corrected chi connectivity index (χ1v) is 8.33. The van der Waals surface area contributed by atoms with Gasteiger partial charge in [-0.05, 0) is 36.2 Å². The number of aliphatic carboxylic acids is 1. The van der Waals surface area contributed by atoms with E-state index in [1.54, 1.807) is 18.2 Å². The summed E-state index contributed by atoms with van der Waals surface area (Å²) in [6.45, 7) is 0. The summed E-state index contributed by atoms with van der Waals surface area (Å²) < 4.78 is 21.4. The van der Waals surface area contributed by atoms with Crippen molar-refractivity contribution in [2.75, 3.05) is 28.4 Å². The van der Waals surface area contributed by atoms with Crippen LogP contribution in [-0.2, 0) is 11.2 Å². The second-order valence-corrected chi connectivity index (χ2v) is 5.79. The van der Waals surface area contributed by atoms with Crippen molar-refractivity contribution in [3.63, 3.8) is 0 Å². The summed E-state index contributed by atoms with van der Waals surface area (Å²) in [6.07, 6.45) is -0.00331. The highest BCUT2D eigenvalue weighted by molar-refractivity contribution is 5.99. The summed E-state index contributed by atoms with van der Waals surface area (Å²) in [4.78, 5) is 23.0. The molecule has 0 atom stereocenters. The van der Waals surface area contributed by atoms with Crippen LogP contribution in [0.2, 0.25) is 0 Å². The van der Waals surface area contributed by atoms with E-state index in [0.717, 1.165) is 0 Å². The fourth-order valence-corrected chi connectivity index (χ4v) is 2.99. The molecule has 0 spiro atoms. The van der Waals surface area contributed by atoms with E-state index in [9.17, 15) is 14.7 Å². The van der Waals surface area contributed by atoms with E-state index in [4.69, 9.17) is 24.1 Å². The van der Waals surface area contributed by atoms with Crippen LogP contribution in [0.25, 0.3) is 11.1 Å². The molecule has 0 aromatic heterocycles. The van der Waals surface area contributed by atoms with Crippen LogP contribution in [0.3, 0.4) is 0 Å². The van der Waals surface area contributed by atoms with Crippen LogP contribution in [0.4, 0.5) is 0 Å². The van der Waals surface area contributed by atoms with Crippen molar-refractivity contribution in [2.24, 2.45) is 0 Å². The molecule has 28 heavy (non-hydrogen) atoms. The normalized spacial score (nSPS) is 10.3. The average molecular weight is 390 g/mol. The molecule has 0 saturated heterocycles. The molecule has 0 bridgehead atoms. The molecule has 0 heterocycles. The average Bonchev–Trinajstić information content (AvgIpc) is 2.70. The predicted molar refractivity (Wildman–Crippen MR) is 101 cm³/mol. The van der Waals surface area contributed by atoms with Gasteiger partial charge in [0.25, 0.3) is 0 Å². The van der Waals surface area contributed by atoms with Crippen molar-refractivity contribution in [3.8, 4) is 34.1 Å². The molecule has 2 aromatic carbocycles. The van der Waals surface area contributed by atoms with Gasteiger partial charge in [0.15, 0.2) is 11.5 Å². The van der Waals surface area contributed by atoms with Crippen molar-refractivity contribution >= 4 is 11.9 Å². The lowest BCUT2D eigenvalue weighted by molar-refractivity contribution is -0.136. The zero-order valence-electron chi connectivity index (χ0n) is 16.1. The van der Waals surface area contributed by atoms with Crippen LogP contribution in [-0.4, -0.2) is 50.6 Å². The van der Waals surface area contributed by atoms with Gasteiger partial charge in [0.2, 0.25) is 5.75 Å². The van der Waals surface area contributed by atoms with Crippen LogP contribution < -0.4 is 18.9 Å². The first-order valence-electron chi connectivity index (χ1n) is 8.33. The monoisotopic (exact) mass is 390 g/mol. The van der Waals surface area contributed by atoms with E-state index >= 15 is 0 Å². The number of methoxy groups -OCH3 is 4. The van der Waals surface area contributed by atoms with Crippen LogP contribution >= 0.6 is 0 Å². The predicted octanol–water partition coefficient (Wildman–Crippen LogP) is 3.10. The lowest BCUT2D eigenvalue weighted by atomic mass is 9.91. The molecule has 0 fully saturated rings. The highest BCUT2D eigenvalue weighted by Crippen LogP contribution is 2.48. The lowest BCUT2D eigenvalue weighted by Gasteiger charge is -2.21. The van der Waals surface area contributed by atoms with E-state index < -0.39 is 11.9 Å². The van der Waals surface area contributed by atoms with Crippen molar-refractivity contribution in [3.05, 3.63) is 35.4 Å². The Balaban J connectivity index is 2.87. The molecule has 0 aliphatic heterocycles. The third kappa shape index (κ3) is 4.11. The maximum atomic E-state index is 11.9. The van der Waals surface area contributed by atoms with Crippen LogP contribution in [0, 0.1) is 0 Å². The van der Waals surface area contributed by atoms with Crippen LogP contribution in [0.5, 0.6) is 23.0 Å². The van der Waals surface area contributed by atoms with Crippen molar-refractivity contribution in [1.29, 1.82) is 0 Å². The third-order valence-electron chi connectivity index (χ3n) is 4.25. The number of benzene rings is 2.